The molecule has 1 aliphatic heterocycles. The van der Waals surface area contributed by atoms with Crippen LogP contribution in [0.1, 0.15) is 31.2 Å². The SMILES string of the molecule is O=C(NC1CCC(O)CC1)N1CCc2ccc(F)cc21. The Bertz CT molecular complexity index is 513. The Morgan fingerprint density at radius 1 is 1.30 bits per heavy atom. The minimum Gasteiger partial charge on any atom is -0.393 e. The standard InChI is InChI=1S/C15H19FN2O2/c16-11-2-1-10-7-8-18(14(10)9-11)15(20)17-12-3-5-13(19)6-4-12/h1-2,9,12-13,19H,3-8H2,(H,17,20). The summed E-state index contributed by atoms with van der Waals surface area (Å²) >= 11 is 0. The van der Waals surface area contributed by atoms with Crippen molar-refractivity contribution in [1.29, 1.82) is 0 Å². The van der Waals surface area contributed by atoms with Crippen LogP contribution in [0, 0.1) is 5.82 Å². The van der Waals surface area contributed by atoms with Crippen molar-refractivity contribution in [1.82, 2.24) is 5.32 Å². The van der Waals surface area contributed by atoms with Gasteiger partial charge in [-0.25, -0.2) is 9.18 Å². The third kappa shape index (κ3) is 2.63. The van der Waals surface area contributed by atoms with E-state index in [1.807, 2.05) is 0 Å². The predicted octanol–water partition coefficient (Wildman–Crippen LogP) is 2.20. The number of nitrogens with one attached hydrogen (secondary N) is 1. The molecule has 1 heterocycles. The number of carbonyl (C=O) groups excluding carboxylic acids is 1. The molecule has 1 aromatic carbocycles. The Balaban J connectivity index is 1.66. The van der Waals surface area contributed by atoms with E-state index in [2.05, 4.69) is 5.32 Å². The fourth-order valence-corrected chi connectivity index (χ4v) is 3.04. The van der Waals surface area contributed by atoms with Gasteiger partial charge in [-0.05, 0) is 49.8 Å². The van der Waals surface area contributed by atoms with Gasteiger partial charge in [-0.1, -0.05) is 6.07 Å². The smallest absolute Gasteiger partial charge is 0.322 e. The molecule has 5 heteroatoms. The third-order valence-corrected chi connectivity index (χ3v) is 4.21. The summed E-state index contributed by atoms with van der Waals surface area (Å²) in [4.78, 5) is 13.9. The number of anilines is 1. The lowest BCUT2D eigenvalue weighted by molar-refractivity contribution is 0.118. The molecule has 2 amide bonds. The minimum absolute atomic E-state index is 0.114. The van der Waals surface area contributed by atoms with Gasteiger partial charge in [-0.2, -0.15) is 0 Å². The fraction of sp³-hybridized carbons (Fsp3) is 0.533. The van der Waals surface area contributed by atoms with Crippen molar-refractivity contribution in [3.8, 4) is 0 Å². The van der Waals surface area contributed by atoms with Crippen molar-refractivity contribution in [2.75, 3.05) is 11.4 Å². The van der Waals surface area contributed by atoms with Crippen LogP contribution in [0.25, 0.3) is 0 Å². The van der Waals surface area contributed by atoms with Crippen LogP contribution in [0.2, 0.25) is 0 Å². The molecule has 0 saturated heterocycles. The van der Waals surface area contributed by atoms with Crippen LogP contribution < -0.4 is 10.2 Å². The second-order valence-electron chi connectivity index (χ2n) is 5.63. The third-order valence-electron chi connectivity index (χ3n) is 4.21. The quantitative estimate of drug-likeness (QED) is 0.827. The van der Waals surface area contributed by atoms with Crippen molar-refractivity contribution in [3.63, 3.8) is 0 Å². The van der Waals surface area contributed by atoms with Crippen LogP contribution in [-0.2, 0) is 6.42 Å². The van der Waals surface area contributed by atoms with Crippen LogP contribution in [0.4, 0.5) is 14.9 Å². The molecule has 1 aromatic rings. The minimum atomic E-state index is -0.316. The van der Waals surface area contributed by atoms with Crippen molar-refractivity contribution in [3.05, 3.63) is 29.6 Å². The van der Waals surface area contributed by atoms with Crippen LogP contribution in [0.5, 0.6) is 0 Å². The second kappa shape index (κ2) is 5.40. The zero-order chi connectivity index (χ0) is 14.1. The predicted molar refractivity (Wildman–Crippen MR) is 74.2 cm³/mol. The second-order valence-corrected chi connectivity index (χ2v) is 5.63. The van der Waals surface area contributed by atoms with Gasteiger partial charge in [0.2, 0.25) is 0 Å². The number of urea groups is 1. The van der Waals surface area contributed by atoms with E-state index in [0.29, 0.717) is 12.2 Å². The number of aliphatic hydroxyl groups is 1. The van der Waals surface area contributed by atoms with Crippen LogP contribution in [-0.4, -0.2) is 29.8 Å². The van der Waals surface area contributed by atoms with E-state index in [1.54, 1.807) is 11.0 Å². The molecule has 1 aliphatic carbocycles. The highest BCUT2D eigenvalue weighted by Crippen LogP contribution is 2.29. The Morgan fingerprint density at radius 2 is 2.05 bits per heavy atom. The Hall–Kier alpha value is -1.62. The largest absolute Gasteiger partial charge is 0.393 e. The van der Waals surface area contributed by atoms with Gasteiger partial charge in [-0.3, -0.25) is 4.90 Å². The highest BCUT2D eigenvalue weighted by atomic mass is 19.1. The monoisotopic (exact) mass is 278 g/mol. The molecule has 0 unspecified atom stereocenters. The summed E-state index contributed by atoms with van der Waals surface area (Å²) < 4.78 is 13.3. The van der Waals surface area contributed by atoms with Crippen molar-refractivity contribution in [2.24, 2.45) is 0 Å². The molecular formula is C15H19FN2O2. The summed E-state index contributed by atoms with van der Waals surface area (Å²) in [5.74, 6) is -0.316. The van der Waals surface area contributed by atoms with Crippen molar-refractivity contribution < 1.29 is 14.3 Å². The molecule has 108 valence electrons. The summed E-state index contributed by atoms with van der Waals surface area (Å²) in [6.07, 6.45) is 3.61. The van der Waals surface area contributed by atoms with Gasteiger partial charge in [0.05, 0.1) is 11.8 Å². The van der Waals surface area contributed by atoms with Gasteiger partial charge in [-0.15, -0.1) is 0 Å². The average molecular weight is 278 g/mol. The van der Waals surface area contributed by atoms with E-state index in [1.165, 1.54) is 12.1 Å². The lowest BCUT2D eigenvalue weighted by Crippen LogP contribution is -2.46. The molecule has 2 N–H and O–H groups in total. The molecule has 2 aliphatic rings. The van der Waals surface area contributed by atoms with Gasteiger partial charge in [0.1, 0.15) is 5.82 Å². The van der Waals surface area contributed by atoms with E-state index >= 15 is 0 Å². The zero-order valence-electron chi connectivity index (χ0n) is 11.3. The molecule has 1 saturated carbocycles. The van der Waals surface area contributed by atoms with E-state index in [4.69, 9.17) is 0 Å². The van der Waals surface area contributed by atoms with Crippen molar-refractivity contribution >= 4 is 11.7 Å². The van der Waals surface area contributed by atoms with Gasteiger partial charge in [0.15, 0.2) is 0 Å². The number of benzene rings is 1. The Labute approximate surface area is 117 Å². The Morgan fingerprint density at radius 3 is 2.80 bits per heavy atom. The first kappa shape index (κ1) is 13.4. The van der Waals surface area contributed by atoms with Gasteiger partial charge in [0, 0.05) is 12.6 Å². The molecule has 3 rings (SSSR count). The highest BCUT2D eigenvalue weighted by molar-refractivity contribution is 5.94. The van der Waals surface area contributed by atoms with Gasteiger partial charge < -0.3 is 10.4 Å². The zero-order valence-corrected chi connectivity index (χ0v) is 11.3. The number of fused-ring (bicyclic) bond motifs is 1. The number of hydrogen-bond acceptors (Lipinski definition) is 2. The van der Waals surface area contributed by atoms with E-state index in [9.17, 15) is 14.3 Å². The van der Waals surface area contributed by atoms with E-state index < -0.39 is 0 Å². The molecule has 0 aromatic heterocycles. The van der Waals surface area contributed by atoms with Crippen LogP contribution in [0.3, 0.4) is 0 Å². The van der Waals surface area contributed by atoms with Crippen molar-refractivity contribution in [2.45, 2.75) is 44.2 Å². The maximum atomic E-state index is 13.3. The summed E-state index contributed by atoms with van der Waals surface area (Å²) in [7, 11) is 0. The molecule has 0 radical (unpaired) electrons. The van der Waals surface area contributed by atoms with E-state index in [0.717, 1.165) is 37.7 Å². The van der Waals surface area contributed by atoms with Crippen LogP contribution in [0.15, 0.2) is 18.2 Å². The molecule has 0 bridgehead atoms. The molecular weight excluding hydrogens is 259 g/mol. The topological polar surface area (TPSA) is 52.6 Å². The number of aliphatic hydroxyl groups excluding tert-OH is 1. The average Bonchev–Trinajstić information content (AvgIpc) is 2.84. The number of rotatable bonds is 1. The highest BCUT2D eigenvalue weighted by Gasteiger charge is 2.28. The lowest BCUT2D eigenvalue weighted by Gasteiger charge is -2.28. The summed E-state index contributed by atoms with van der Waals surface area (Å²) in [5, 5.41) is 12.5. The Kier molecular flexibility index (Phi) is 3.61. The van der Waals surface area contributed by atoms with Gasteiger partial charge >= 0.3 is 6.03 Å². The molecule has 1 fully saturated rings. The van der Waals surface area contributed by atoms with Gasteiger partial charge in [0.25, 0.3) is 0 Å². The molecule has 0 atom stereocenters. The first-order valence-corrected chi connectivity index (χ1v) is 7.18. The summed E-state index contributed by atoms with van der Waals surface area (Å²) in [6, 6.07) is 4.56. The first-order chi connectivity index (χ1) is 9.63. The maximum absolute atomic E-state index is 13.3. The maximum Gasteiger partial charge on any atom is 0.322 e. The molecule has 20 heavy (non-hydrogen) atoms. The normalized spacial score (nSPS) is 25.4. The number of hydrogen-bond donors (Lipinski definition) is 2. The first-order valence-electron chi connectivity index (χ1n) is 7.18. The number of amides is 2. The van der Waals surface area contributed by atoms with E-state index in [-0.39, 0.29) is 24.0 Å². The molecule has 4 nitrogen and oxygen atoms in total. The lowest BCUT2D eigenvalue weighted by atomic mass is 9.93. The number of nitrogens with zero attached hydrogens (tertiary/aromatic N) is 1. The van der Waals surface area contributed by atoms with Crippen LogP contribution >= 0.6 is 0 Å². The number of carbonyl (C=O) groups is 1. The summed E-state index contributed by atoms with van der Waals surface area (Å²) in [6.45, 7) is 0.597. The molecule has 0 spiro atoms. The fourth-order valence-electron chi connectivity index (χ4n) is 3.04. The number of halogens is 1. The summed E-state index contributed by atoms with van der Waals surface area (Å²) in [5.41, 5.74) is 1.69.